The normalized spacial score (nSPS) is 9.16. The number of aliphatic hydroxyl groups excluding tert-OH is 1. The molecule has 19 heteroatoms. The van der Waals surface area contributed by atoms with Gasteiger partial charge in [0.05, 0.1) is 53.9 Å². The van der Waals surface area contributed by atoms with E-state index in [2.05, 4.69) is 67.3 Å². The van der Waals surface area contributed by atoms with Gasteiger partial charge >= 0.3 is 29.7 Å². The van der Waals surface area contributed by atoms with Gasteiger partial charge in [0.1, 0.15) is 0 Å². The third-order valence-corrected chi connectivity index (χ3v) is 6.82. The zero-order valence-corrected chi connectivity index (χ0v) is 35.1. The predicted molar refractivity (Wildman–Crippen MR) is 222 cm³/mol. The van der Waals surface area contributed by atoms with E-state index in [0.717, 1.165) is 52.7 Å². The fraction of sp³-hybridized carbons (Fsp3) is 0.351. The van der Waals surface area contributed by atoms with Crippen molar-refractivity contribution >= 4 is 60.2 Å². The molecule has 0 spiro atoms. The van der Waals surface area contributed by atoms with Crippen molar-refractivity contribution in [2.45, 2.75) is 67.1 Å². The molecule has 0 aliphatic carbocycles. The summed E-state index contributed by atoms with van der Waals surface area (Å²) >= 11 is 6.59. The number of methoxy groups -OCH3 is 2. The van der Waals surface area contributed by atoms with Crippen molar-refractivity contribution in [2.24, 2.45) is 0 Å². The molecule has 4 N–H and O–H groups in total. The Hall–Kier alpha value is -4.71. The van der Waals surface area contributed by atoms with E-state index < -0.39 is 16.4 Å². The average Bonchev–Trinajstić information content (AvgIpc) is 3.10. The van der Waals surface area contributed by atoms with Gasteiger partial charge in [-0.25, -0.2) is 14.4 Å². The van der Waals surface area contributed by atoms with Crippen molar-refractivity contribution in [1.82, 2.24) is 19.9 Å². The van der Waals surface area contributed by atoms with Crippen molar-refractivity contribution in [1.29, 1.82) is 5.26 Å². The smallest absolute Gasteiger partial charge is 0.478 e. The Morgan fingerprint density at radius 1 is 0.643 bits per heavy atom. The van der Waals surface area contributed by atoms with Crippen LogP contribution in [0.15, 0.2) is 48.5 Å². The third-order valence-electron chi connectivity index (χ3n) is 5.67. The lowest BCUT2D eigenvalue weighted by Crippen LogP contribution is -2.04. The number of carboxylic acids is 1. The van der Waals surface area contributed by atoms with Crippen molar-refractivity contribution in [3.63, 3.8) is 0 Å². The van der Waals surface area contributed by atoms with Crippen molar-refractivity contribution in [3.05, 3.63) is 116 Å². The molecule has 0 radical (unpaired) electrons. The van der Waals surface area contributed by atoms with Crippen LogP contribution in [0.3, 0.4) is 0 Å². The Labute approximate surface area is 347 Å². The Bertz CT molecular complexity index is 1910. The number of aryl methyl sites for hydroxylation is 6. The first kappa shape index (κ1) is 58.0. The van der Waals surface area contributed by atoms with Crippen LogP contribution in [0.25, 0.3) is 0 Å². The van der Waals surface area contributed by atoms with E-state index in [4.69, 9.17) is 33.0 Å². The summed E-state index contributed by atoms with van der Waals surface area (Å²) < 4.78 is 40.8. The lowest BCUT2D eigenvalue weighted by molar-refractivity contribution is 0.0591. The number of hydrogen-bond acceptors (Lipinski definition) is 13. The van der Waals surface area contributed by atoms with Crippen molar-refractivity contribution in [2.75, 3.05) is 21.3 Å². The van der Waals surface area contributed by atoms with Crippen LogP contribution in [0.5, 0.6) is 0 Å². The lowest BCUT2D eigenvalue weighted by atomic mass is 10.2. The second-order valence-corrected chi connectivity index (χ2v) is 12.4. The second kappa shape index (κ2) is 30.5. The van der Waals surface area contributed by atoms with Gasteiger partial charge in [-0.2, -0.15) is 13.7 Å². The molecule has 310 valence electrons. The maximum Gasteiger partial charge on any atom is 1.00 e. The SMILES string of the molecule is C.C.CO.COC(=O)c1cc(C)nc(C)c1.COC(=O)c1cc(CBr)nc(CBr)c1.Cc1cc(C#N)cc(C)n1.Cc1cc(C(=O)O)cc(C)n1.O=S(=O)(O)O.[H+]. The second-order valence-electron chi connectivity index (χ2n) is 10.4. The number of aromatic nitrogens is 4. The molecule has 0 aliphatic rings. The molecule has 16 nitrogen and oxygen atoms in total. The van der Waals surface area contributed by atoms with Gasteiger partial charge in [0.25, 0.3) is 0 Å². The molecule has 4 heterocycles. The van der Waals surface area contributed by atoms with Crippen LogP contribution in [-0.4, -0.2) is 86.9 Å². The number of rotatable bonds is 5. The van der Waals surface area contributed by atoms with E-state index in [9.17, 15) is 14.4 Å². The number of nitriles is 1. The topological polar surface area (TPSA) is 260 Å². The summed E-state index contributed by atoms with van der Waals surface area (Å²) in [6.45, 7) is 11.0. The third kappa shape index (κ3) is 27.0. The monoisotopic (exact) mass is 932 g/mol. The molecule has 0 amide bonds. The molecule has 0 atom stereocenters. The van der Waals surface area contributed by atoms with Gasteiger partial charge in [0, 0.05) is 51.9 Å². The minimum atomic E-state index is -4.67. The first-order chi connectivity index (χ1) is 25.1. The fourth-order valence-electron chi connectivity index (χ4n) is 3.95. The zero-order valence-electron chi connectivity index (χ0n) is 32.1. The maximum absolute atomic E-state index is 11.3. The van der Waals surface area contributed by atoms with Crippen LogP contribution in [0, 0.1) is 52.9 Å². The van der Waals surface area contributed by atoms with Crippen LogP contribution >= 0.6 is 31.9 Å². The number of nitrogens with zero attached hydrogens (tertiary/aromatic N) is 5. The quantitative estimate of drug-likeness (QED) is 0.0860. The summed E-state index contributed by atoms with van der Waals surface area (Å²) in [5.74, 6) is -1.56. The van der Waals surface area contributed by atoms with Gasteiger partial charge in [-0.15, -0.1) is 0 Å². The van der Waals surface area contributed by atoms with Gasteiger partial charge in [-0.05, 0) is 90.1 Å². The minimum Gasteiger partial charge on any atom is -0.478 e. The van der Waals surface area contributed by atoms with Crippen molar-refractivity contribution < 1.29 is 53.0 Å². The molecule has 0 saturated heterocycles. The number of hydrogen-bond donors (Lipinski definition) is 4. The number of pyridine rings is 4. The van der Waals surface area contributed by atoms with E-state index in [-0.39, 0.29) is 28.2 Å². The molecule has 0 fully saturated rings. The number of halogens is 2. The molecule has 4 aromatic rings. The minimum absolute atomic E-state index is 0. The van der Waals surface area contributed by atoms with Crippen LogP contribution in [0.1, 0.15) is 98.5 Å². The number of carboxylic acid groups (broad SMARTS) is 1. The Morgan fingerprint density at radius 2 is 0.911 bits per heavy atom. The Kier molecular flexibility index (Phi) is 31.6. The zero-order chi connectivity index (χ0) is 42.2. The lowest BCUT2D eigenvalue weighted by Gasteiger charge is -2.04. The summed E-state index contributed by atoms with van der Waals surface area (Å²) in [7, 11) is -0.933. The number of esters is 2. The number of carbonyl (C=O) groups excluding carboxylic acids is 2. The molecule has 4 rings (SSSR count). The molecule has 0 bridgehead atoms. The summed E-state index contributed by atoms with van der Waals surface area (Å²) in [6, 6.07) is 15.6. The number of alkyl halides is 2. The van der Waals surface area contributed by atoms with E-state index in [1.54, 1.807) is 62.4 Å². The van der Waals surface area contributed by atoms with Gasteiger partial charge in [0.15, 0.2) is 0 Å². The molecule has 0 saturated carbocycles. The highest BCUT2D eigenvalue weighted by atomic mass is 79.9. The summed E-state index contributed by atoms with van der Waals surface area (Å²) in [5, 5.41) is 25.4. The standard InChI is InChI=1S/C9H9Br2NO2.C9H11NO2.C8H8N2.C8H9NO2.CH4O.2CH4.H2O4S/c1-14-9(13)6-2-7(4-10)12-8(3-6)5-11;1-6-4-8(9(11)12-3)5-7(2)10-6;1-6-3-8(5-9)4-7(2)10-6;1-5-3-7(8(10)11)4-6(2)9-5;1-2;;;1-5(2,3)4/h2-3H,4-5H2,1H3;4-5H,1-3H3;3-4H,1-2H3;3-4H,1-2H3,(H,10,11);2H,1H3;2*1H4;(H2,1,2,3,4)/p+1. The number of carbonyl (C=O) groups is 3. The van der Waals surface area contributed by atoms with Gasteiger partial charge in [-0.1, -0.05) is 46.7 Å². The average molecular weight is 935 g/mol. The highest BCUT2D eigenvalue weighted by molar-refractivity contribution is 9.08. The highest BCUT2D eigenvalue weighted by Crippen LogP contribution is 2.12. The number of aromatic carboxylic acids is 1. The molecule has 0 unspecified atom stereocenters. The number of aliphatic hydroxyl groups is 1. The summed E-state index contributed by atoms with van der Waals surface area (Å²) in [4.78, 5) is 49.4. The van der Waals surface area contributed by atoms with Gasteiger partial charge in [0.2, 0.25) is 0 Å². The van der Waals surface area contributed by atoms with Crippen LogP contribution in [-0.2, 0) is 30.5 Å². The Morgan fingerprint density at radius 3 is 1.16 bits per heavy atom. The molecular formula is C37H52Br2N5O11S+. The predicted octanol–water partition coefficient (Wildman–Crippen LogP) is 7.45. The fourth-order valence-corrected chi connectivity index (χ4v) is 4.52. The molecular weight excluding hydrogens is 882 g/mol. The van der Waals surface area contributed by atoms with Crippen LogP contribution in [0.4, 0.5) is 0 Å². The Balaban J connectivity index is -0.000000197. The molecule has 4 aromatic heterocycles. The largest absolute Gasteiger partial charge is 1.00 e. The van der Waals surface area contributed by atoms with Gasteiger partial charge in [-0.3, -0.25) is 29.0 Å². The van der Waals surface area contributed by atoms with E-state index >= 15 is 0 Å². The summed E-state index contributed by atoms with van der Waals surface area (Å²) in [6.07, 6.45) is 0. The van der Waals surface area contributed by atoms with Gasteiger partial charge < -0.3 is 19.7 Å². The number of ether oxygens (including phenoxy) is 2. The highest BCUT2D eigenvalue weighted by Gasteiger charge is 2.09. The van der Waals surface area contributed by atoms with Crippen molar-refractivity contribution in [3.8, 4) is 6.07 Å². The van der Waals surface area contributed by atoms with Crippen LogP contribution in [0.2, 0.25) is 0 Å². The molecule has 0 aromatic carbocycles. The molecule has 0 aliphatic heterocycles. The first-order valence-corrected chi connectivity index (χ1v) is 18.7. The first-order valence-electron chi connectivity index (χ1n) is 15.1. The van der Waals surface area contributed by atoms with E-state index in [0.29, 0.717) is 32.9 Å². The van der Waals surface area contributed by atoms with Crippen LogP contribution < -0.4 is 0 Å². The van der Waals surface area contributed by atoms with E-state index in [1.165, 1.54) is 14.2 Å². The molecule has 56 heavy (non-hydrogen) atoms. The van der Waals surface area contributed by atoms with E-state index in [1.807, 2.05) is 27.7 Å². The summed E-state index contributed by atoms with van der Waals surface area (Å²) in [5.41, 5.74) is 8.65. The maximum atomic E-state index is 11.3.